The summed E-state index contributed by atoms with van der Waals surface area (Å²) < 4.78 is 22.7. The topological polar surface area (TPSA) is 60.2 Å². The molecule has 0 fully saturated rings. The largest absolute Gasteiger partial charge is 0.238 e. The molecular weight excluding hydrogens is 294 g/mol. The predicted molar refractivity (Wildman–Crippen MR) is 89.7 cm³/mol. The Balaban J connectivity index is 2.01. The number of rotatable bonds is 3. The number of primary sulfonamides is 1. The molecule has 114 valence electrons. The summed E-state index contributed by atoms with van der Waals surface area (Å²) in [5.74, 6) is 0. The van der Waals surface area contributed by atoms with Crippen molar-refractivity contribution in [3.8, 4) is 0 Å². The zero-order valence-electron chi connectivity index (χ0n) is 12.5. The molecule has 0 radical (unpaired) electrons. The highest BCUT2D eigenvalue weighted by Crippen LogP contribution is 2.39. The van der Waals surface area contributed by atoms with E-state index in [9.17, 15) is 8.42 Å². The van der Waals surface area contributed by atoms with Gasteiger partial charge in [0.05, 0.1) is 4.90 Å². The van der Waals surface area contributed by atoms with Crippen molar-refractivity contribution < 1.29 is 8.42 Å². The molecule has 2 N–H and O–H groups in total. The van der Waals surface area contributed by atoms with Gasteiger partial charge in [-0.1, -0.05) is 42.0 Å². The first-order valence-corrected chi connectivity index (χ1v) is 8.92. The Morgan fingerprint density at radius 2 is 1.27 bits per heavy atom. The van der Waals surface area contributed by atoms with Gasteiger partial charge in [0.1, 0.15) is 0 Å². The summed E-state index contributed by atoms with van der Waals surface area (Å²) in [7, 11) is -3.63. The van der Waals surface area contributed by atoms with Gasteiger partial charge in [-0.05, 0) is 60.6 Å². The van der Waals surface area contributed by atoms with Crippen molar-refractivity contribution in [1.29, 1.82) is 0 Å². The number of hydrogen-bond acceptors (Lipinski definition) is 2. The van der Waals surface area contributed by atoms with Crippen LogP contribution < -0.4 is 5.14 Å². The van der Waals surface area contributed by atoms with Gasteiger partial charge in [0.2, 0.25) is 10.0 Å². The van der Waals surface area contributed by atoms with Crippen LogP contribution in [0, 0.1) is 6.92 Å². The van der Waals surface area contributed by atoms with E-state index < -0.39 is 10.0 Å². The van der Waals surface area contributed by atoms with E-state index in [0.717, 1.165) is 24.8 Å². The molecule has 0 saturated carbocycles. The lowest BCUT2D eigenvalue weighted by Gasteiger charge is -2.09. The first-order valence-electron chi connectivity index (χ1n) is 7.37. The molecule has 0 bridgehead atoms. The van der Waals surface area contributed by atoms with Gasteiger partial charge in [-0.3, -0.25) is 0 Å². The highest BCUT2D eigenvalue weighted by atomic mass is 32.2. The van der Waals surface area contributed by atoms with Crippen molar-refractivity contribution in [1.82, 2.24) is 0 Å². The Hall–Kier alpha value is -1.91. The molecule has 3 rings (SSSR count). The van der Waals surface area contributed by atoms with E-state index in [-0.39, 0.29) is 4.90 Å². The minimum atomic E-state index is -3.63. The Kier molecular flexibility index (Phi) is 3.89. The van der Waals surface area contributed by atoms with Gasteiger partial charge in [-0.25, -0.2) is 13.6 Å². The summed E-state index contributed by atoms with van der Waals surface area (Å²) in [5.41, 5.74) is 6.27. The highest BCUT2D eigenvalue weighted by molar-refractivity contribution is 7.89. The number of aryl methyl sites for hydroxylation is 1. The maximum atomic E-state index is 11.3. The molecule has 1 aliphatic carbocycles. The fourth-order valence-electron chi connectivity index (χ4n) is 2.98. The number of hydrogen-bond donors (Lipinski definition) is 1. The lowest BCUT2D eigenvalue weighted by molar-refractivity contribution is 0.598. The van der Waals surface area contributed by atoms with E-state index in [4.69, 9.17) is 5.14 Å². The lowest BCUT2D eigenvalue weighted by Crippen LogP contribution is -2.11. The summed E-state index contributed by atoms with van der Waals surface area (Å²) >= 11 is 0. The van der Waals surface area contributed by atoms with Gasteiger partial charge < -0.3 is 0 Å². The first-order chi connectivity index (χ1) is 10.4. The first kappa shape index (κ1) is 15.0. The van der Waals surface area contributed by atoms with Crippen LogP contribution in [0.25, 0.3) is 11.1 Å². The predicted octanol–water partition coefficient (Wildman–Crippen LogP) is 3.74. The van der Waals surface area contributed by atoms with Gasteiger partial charge in [0, 0.05) is 0 Å². The van der Waals surface area contributed by atoms with Crippen LogP contribution in [-0.4, -0.2) is 8.42 Å². The molecule has 0 aliphatic heterocycles. The molecule has 0 atom stereocenters. The molecule has 0 unspecified atom stereocenters. The quantitative estimate of drug-likeness (QED) is 0.938. The molecule has 0 saturated heterocycles. The van der Waals surface area contributed by atoms with Crippen molar-refractivity contribution in [2.45, 2.75) is 31.1 Å². The third-order valence-electron chi connectivity index (χ3n) is 4.15. The molecular formula is C18H19NO2S. The van der Waals surface area contributed by atoms with Crippen LogP contribution in [-0.2, 0) is 10.0 Å². The van der Waals surface area contributed by atoms with Crippen molar-refractivity contribution >= 4 is 21.2 Å². The van der Waals surface area contributed by atoms with E-state index in [1.807, 2.05) is 12.1 Å². The zero-order valence-corrected chi connectivity index (χ0v) is 13.4. The van der Waals surface area contributed by atoms with E-state index in [1.54, 1.807) is 12.1 Å². The van der Waals surface area contributed by atoms with Crippen molar-refractivity contribution in [3.05, 3.63) is 65.2 Å². The van der Waals surface area contributed by atoms with Gasteiger partial charge in [-0.15, -0.1) is 0 Å². The van der Waals surface area contributed by atoms with Crippen LogP contribution in [0.5, 0.6) is 0 Å². The SMILES string of the molecule is Cc1ccc(C2=C(c3ccc(S(N)(=O)=O)cc3)CCC2)cc1. The zero-order chi connectivity index (χ0) is 15.7. The summed E-state index contributed by atoms with van der Waals surface area (Å²) in [6, 6.07) is 15.5. The van der Waals surface area contributed by atoms with E-state index in [2.05, 4.69) is 31.2 Å². The second-order valence-electron chi connectivity index (χ2n) is 5.75. The summed E-state index contributed by atoms with van der Waals surface area (Å²) in [4.78, 5) is 0.159. The Morgan fingerprint density at radius 3 is 1.73 bits per heavy atom. The number of sulfonamides is 1. The molecule has 2 aromatic rings. The maximum Gasteiger partial charge on any atom is 0.238 e. The van der Waals surface area contributed by atoms with Gasteiger partial charge >= 0.3 is 0 Å². The van der Waals surface area contributed by atoms with Crippen molar-refractivity contribution in [3.63, 3.8) is 0 Å². The van der Waals surface area contributed by atoms with E-state index in [0.29, 0.717) is 0 Å². The van der Waals surface area contributed by atoms with Crippen LogP contribution in [0.1, 0.15) is 36.0 Å². The molecule has 4 heteroatoms. The summed E-state index contributed by atoms with van der Waals surface area (Å²) in [5, 5.41) is 5.15. The molecule has 3 nitrogen and oxygen atoms in total. The Bertz CT molecular complexity index is 816. The van der Waals surface area contributed by atoms with Crippen LogP contribution in [0.4, 0.5) is 0 Å². The van der Waals surface area contributed by atoms with Crippen molar-refractivity contribution in [2.75, 3.05) is 0 Å². The molecule has 0 spiro atoms. The number of nitrogens with two attached hydrogens (primary N) is 1. The normalized spacial score (nSPS) is 15.4. The third-order valence-corrected chi connectivity index (χ3v) is 5.08. The minimum Gasteiger partial charge on any atom is -0.225 e. The summed E-state index contributed by atoms with van der Waals surface area (Å²) in [6.45, 7) is 2.08. The van der Waals surface area contributed by atoms with Gasteiger partial charge in [-0.2, -0.15) is 0 Å². The summed E-state index contributed by atoms with van der Waals surface area (Å²) in [6.07, 6.45) is 3.22. The standard InChI is InChI=1S/C18H19NO2S/c1-13-5-7-14(8-6-13)17-3-2-4-18(17)15-9-11-16(12-10-15)22(19,20)21/h5-12H,2-4H2,1H3,(H2,19,20,21). The van der Waals surface area contributed by atoms with Crippen LogP contribution in [0.15, 0.2) is 53.4 Å². The fourth-order valence-corrected chi connectivity index (χ4v) is 3.50. The van der Waals surface area contributed by atoms with Crippen molar-refractivity contribution in [2.24, 2.45) is 5.14 Å². The second-order valence-corrected chi connectivity index (χ2v) is 7.31. The van der Waals surface area contributed by atoms with E-state index >= 15 is 0 Å². The monoisotopic (exact) mass is 313 g/mol. The number of benzene rings is 2. The Morgan fingerprint density at radius 1 is 0.818 bits per heavy atom. The molecule has 0 amide bonds. The molecule has 22 heavy (non-hydrogen) atoms. The molecule has 1 aliphatic rings. The molecule has 2 aromatic carbocycles. The lowest BCUT2D eigenvalue weighted by atomic mass is 9.96. The Labute approximate surface area is 131 Å². The van der Waals surface area contributed by atoms with Crippen LogP contribution in [0.3, 0.4) is 0 Å². The van der Waals surface area contributed by atoms with Crippen LogP contribution in [0.2, 0.25) is 0 Å². The average Bonchev–Trinajstić information content (AvgIpc) is 2.97. The van der Waals surface area contributed by atoms with Gasteiger partial charge in [0.25, 0.3) is 0 Å². The maximum absolute atomic E-state index is 11.3. The minimum absolute atomic E-state index is 0.159. The van der Waals surface area contributed by atoms with E-state index in [1.165, 1.54) is 22.3 Å². The average molecular weight is 313 g/mol. The second kappa shape index (κ2) is 5.71. The molecule has 0 aromatic heterocycles. The fraction of sp³-hybridized carbons (Fsp3) is 0.222. The molecule has 0 heterocycles. The highest BCUT2D eigenvalue weighted by Gasteiger charge is 2.18. The third kappa shape index (κ3) is 2.98. The smallest absolute Gasteiger partial charge is 0.225 e. The van der Waals surface area contributed by atoms with Crippen LogP contribution >= 0.6 is 0 Å². The number of allylic oxidation sites excluding steroid dienone is 2. The van der Waals surface area contributed by atoms with Gasteiger partial charge in [0.15, 0.2) is 0 Å².